The normalized spacial score (nSPS) is 15.5. The molecule has 2 aromatic carbocycles. The minimum Gasteiger partial charge on any atom is -0.493 e. The number of hydrogen-bond acceptors (Lipinski definition) is 3. The van der Waals surface area contributed by atoms with Crippen LogP contribution in [0.5, 0.6) is 5.75 Å². The molecule has 0 saturated carbocycles. The summed E-state index contributed by atoms with van der Waals surface area (Å²) in [5, 5.41) is 11.8. The summed E-state index contributed by atoms with van der Waals surface area (Å²) in [7, 11) is 0. The molecular weight excluding hydrogens is 472 g/mol. The van der Waals surface area contributed by atoms with Crippen molar-refractivity contribution in [3.63, 3.8) is 0 Å². The third-order valence-corrected chi connectivity index (χ3v) is 6.89. The first kappa shape index (κ1) is 24.3. The molecule has 0 fully saturated rings. The van der Waals surface area contributed by atoms with E-state index in [9.17, 15) is 22.7 Å². The Morgan fingerprint density at radius 3 is 2.58 bits per heavy atom. The van der Waals surface area contributed by atoms with E-state index >= 15 is 0 Å². The Bertz CT molecular complexity index is 1410. The summed E-state index contributed by atoms with van der Waals surface area (Å²) in [6, 6.07) is 13.4. The third kappa shape index (κ3) is 4.46. The van der Waals surface area contributed by atoms with Crippen LogP contribution in [0, 0.1) is 5.82 Å². The quantitative estimate of drug-likeness (QED) is 0.298. The first-order valence-electron chi connectivity index (χ1n) is 11.7. The second-order valence-corrected chi connectivity index (χ2v) is 10.1. The summed E-state index contributed by atoms with van der Waals surface area (Å²) in [5.74, 6) is -0.114. The highest BCUT2D eigenvalue weighted by atomic mass is 19.4. The fraction of sp³-hybridized carbons (Fsp3) is 0.321. The molecule has 1 aliphatic rings. The van der Waals surface area contributed by atoms with Gasteiger partial charge in [-0.25, -0.2) is 4.39 Å². The van der Waals surface area contributed by atoms with Crippen molar-refractivity contribution in [2.24, 2.45) is 0 Å². The lowest BCUT2D eigenvalue weighted by Gasteiger charge is -2.38. The summed E-state index contributed by atoms with van der Waals surface area (Å²) >= 11 is 0. The molecule has 1 aliphatic heterocycles. The highest BCUT2D eigenvalue weighted by Crippen LogP contribution is 2.47. The maximum absolute atomic E-state index is 14.4. The number of benzene rings is 2. The van der Waals surface area contributed by atoms with Gasteiger partial charge in [-0.05, 0) is 53.8 Å². The average Bonchev–Trinajstić information content (AvgIpc) is 3.43. The molecule has 0 amide bonds. The molecule has 4 nitrogen and oxygen atoms in total. The maximum atomic E-state index is 14.4. The van der Waals surface area contributed by atoms with Crippen molar-refractivity contribution >= 4 is 10.9 Å². The standard InChI is InChI=1S/C28H26F4N2O2/c1-26(2,23-13-21(29)11-18-7-9-36-25(18)23)16-27(35,28(30,31)32)14-22-12-20-10-17(5-6-24(20)34-22)19-4-3-8-33-15-19/h3-6,8,10-13,15,34-35H,7,9,14,16H2,1-2H3. The molecule has 0 saturated heterocycles. The number of pyridine rings is 1. The number of aromatic nitrogens is 2. The number of alkyl halides is 3. The Hall–Kier alpha value is -3.39. The zero-order valence-corrected chi connectivity index (χ0v) is 19.9. The highest BCUT2D eigenvalue weighted by Gasteiger charge is 2.56. The van der Waals surface area contributed by atoms with Crippen molar-refractivity contribution < 1.29 is 27.4 Å². The number of halogens is 4. The SMILES string of the molecule is CC(C)(CC(O)(Cc1cc2cc(-c3cccnc3)ccc2[nH]1)C(F)(F)F)c1cc(F)cc2c1OCC2. The number of fused-ring (bicyclic) bond motifs is 2. The van der Waals surface area contributed by atoms with Crippen LogP contribution in [-0.2, 0) is 18.3 Å². The minimum atomic E-state index is -4.92. The Kier molecular flexibility index (Phi) is 5.82. The van der Waals surface area contributed by atoms with Crippen LogP contribution in [0.4, 0.5) is 17.6 Å². The van der Waals surface area contributed by atoms with Gasteiger partial charge < -0.3 is 14.8 Å². The van der Waals surface area contributed by atoms with E-state index in [-0.39, 0.29) is 5.69 Å². The van der Waals surface area contributed by atoms with Crippen LogP contribution in [0.2, 0.25) is 0 Å². The van der Waals surface area contributed by atoms with E-state index in [0.29, 0.717) is 35.4 Å². The number of aliphatic hydroxyl groups is 1. The summed E-state index contributed by atoms with van der Waals surface area (Å²) in [5.41, 5.74) is -0.623. The summed E-state index contributed by atoms with van der Waals surface area (Å²) in [6.07, 6.45) is -2.38. The number of rotatable bonds is 6. The first-order valence-corrected chi connectivity index (χ1v) is 11.7. The van der Waals surface area contributed by atoms with Crippen molar-refractivity contribution in [1.29, 1.82) is 0 Å². The van der Waals surface area contributed by atoms with Gasteiger partial charge >= 0.3 is 6.18 Å². The van der Waals surface area contributed by atoms with Crippen LogP contribution in [0.25, 0.3) is 22.0 Å². The third-order valence-electron chi connectivity index (χ3n) is 6.89. The summed E-state index contributed by atoms with van der Waals surface area (Å²) in [6.45, 7) is 3.50. The average molecular weight is 499 g/mol. The minimum absolute atomic E-state index is 0.254. The van der Waals surface area contributed by atoms with Crippen molar-refractivity contribution in [2.45, 2.75) is 50.3 Å². The molecule has 2 aromatic heterocycles. The molecule has 3 heterocycles. The van der Waals surface area contributed by atoms with E-state index in [0.717, 1.165) is 16.5 Å². The van der Waals surface area contributed by atoms with Gasteiger partial charge in [0.1, 0.15) is 11.6 Å². The Morgan fingerprint density at radius 2 is 1.86 bits per heavy atom. The van der Waals surface area contributed by atoms with Gasteiger partial charge in [0, 0.05) is 58.5 Å². The molecule has 8 heteroatoms. The fourth-order valence-electron chi connectivity index (χ4n) is 5.18. The molecule has 2 N–H and O–H groups in total. The lowest BCUT2D eigenvalue weighted by atomic mass is 9.72. The van der Waals surface area contributed by atoms with Crippen LogP contribution >= 0.6 is 0 Å². The Balaban J connectivity index is 1.48. The van der Waals surface area contributed by atoms with Gasteiger partial charge in [-0.3, -0.25) is 4.98 Å². The van der Waals surface area contributed by atoms with Crippen LogP contribution in [0.15, 0.2) is 60.9 Å². The number of nitrogens with zero attached hydrogens (tertiary/aromatic N) is 1. The van der Waals surface area contributed by atoms with Crippen molar-refractivity contribution in [1.82, 2.24) is 9.97 Å². The topological polar surface area (TPSA) is 58.1 Å². The highest BCUT2D eigenvalue weighted by molar-refractivity contribution is 5.85. The molecule has 188 valence electrons. The second-order valence-electron chi connectivity index (χ2n) is 10.1. The van der Waals surface area contributed by atoms with Gasteiger partial charge in [-0.1, -0.05) is 26.0 Å². The van der Waals surface area contributed by atoms with Gasteiger partial charge in [0.25, 0.3) is 0 Å². The van der Waals surface area contributed by atoms with E-state index in [1.165, 1.54) is 12.1 Å². The molecule has 36 heavy (non-hydrogen) atoms. The molecule has 0 aliphatic carbocycles. The van der Waals surface area contributed by atoms with Crippen molar-refractivity contribution in [3.8, 4) is 16.9 Å². The van der Waals surface area contributed by atoms with E-state index in [1.54, 1.807) is 38.4 Å². The van der Waals surface area contributed by atoms with Crippen LogP contribution in [0.1, 0.15) is 37.1 Å². The maximum Gasteiger partial charge on any atom is 0.417 e. The Morgan fingerprint density at radius 1 is 1.06 bits per heavy atom. The van der Waals surface area contributed by atoms with E-state index in [2.05, 4.69) is 9.97 Å². The van der Waals surface area contributed by atoms with Crippen LogP contribution < -0.4 is 4.74 Å². The second kappa shape index (κ2) is 8.62. The van der Waals surface area contributed by atoms with Gasteiger partial charge in [0.05, 0.1) is 6.61 Å². The van der Waals surface area contributed by atoms with E-state index in [1.807, 2.05) is 24.3 Å². The Labute approximate surface area is 206 Å². The molecule has 4 aromatic rings. The van der Waals surface area contributed by atoms with E-state index < -0.39 is 35.9 Å². The van der Waals surface area contributed by atoms with Gasteiger partial charge in [0.15, 0.2) is 5.60 Å². The number of H-pyrrole nitrogens is 1. The van der Waals surface area contributed by atoms with Crippen molar-refractivity contribution in [3.05, 3.63) is 83.6 Å². The lowest BCUT2D eigenvalue weighted by Crippen LogP contribution is -2.51. The van der Waals surface area contributed by atoms with E-state index in [4.69, 9.17) is 4.74 Å². The van der Waals surface area contributed by atoms with Crippen LogP contribution in [0.3, 0.4) is 0 Å². The van der Waals surface area contributed by atoms with Crippen molar-refractivity contribution in [2.75, 3.05) is 6.61 Å². The molecule has 0 radical (unpaired) electrons. The number of aromatic amines is 1. The smallest absolute Gasteiger partial charge is 0.417 e. The molecule has 1 atom stereocenters. The van der Waals surface area contributed by atoms with Gasteiger partial charge in [-0.15, -0.1) is 0 Å². The molecule has 1 unspecified atom stereocenters. The lowest BCUT2D eigenvalue weighted by molar-refractivity contribution is -0.266. The monoisotopic (exact) mass is 498 g/mol. The number of nitrogens with one attached hydrogen (secondary N) is 1. The number of hydrogen-bond donors (Lipinski definition) is 2. The summed E-state index contributed by atoms with van der Waals surface area (Å²) in [4.78, 5) is 7.13. The molecule has 5 rings (SSSR count). The van der Waals surface area contributed by atoms with Crippen LogP contribution in [-0.4, -0.2) is 33.5 Å². The zero-order chi connectivity index (χ0) is 25.7. The molecule has 0 spiro atoms. The largest absolute Gasteiger partial charge is 0.493 e. The molecular formula is C28H26F4N2O2. The van der Waals surface area contributed by atoms with Gasteiger partial charge in [0.2, 0.25) is 0 Å². The molecule has 0 bridgehead atoms. The zero-order valence-electron chi connectivity index (χ0n) is 19.9. The predicted molar refractivity (Wildman–Crippen MR) is 129 cm³/mol. The summed E-state index contributed by atoms with van der Waals surface area (Å²) < 4.78 is 63.0. The number of ether oxygens (including phenoxy) is 1. The van der Waals surface area contributed by atoms with Gasteiger partial charge in [-0.2, -0.15) is 13.2 Å². The fourth-order valence-corrected chi connectivity index (χ4v) is 5.18. The first-order chi connectivity index (χ1) is 17.0. The predicted octanol–water partition coefficient (Wildman–Crippen LogP) is 6.51.